The number of hydrogen-bond donors (Lipinski definition) is 1. The maximum atomic E-state index is 13.0. The number of benzene rings is 1. The van der Waals surface area contributed by atoms with Crippen molar-refractivity contribution in [2.45, 2.75) is 6.18 Å². The van der Waals surface area contributed by atoms with Gasteiger partial charge in [-0.2, -0.15) is 13.2 Å². The van der Waals surface area contributed by atoms with Crippen molar-refractivity contribution in [2.24, 2.45) is 0 Å². The third kappa shape index (κ3) is 1.74. The fourth-order valence-electron chi connectivity index (χ4n) is 1.99. The Balaban J connectivity index is 2.46. The van der Waals surface area contributed by atoms with Crippen molar-refractivity contribution < 1.29 is 17.6 Å². The molecular weight excluding hydrogens is 261 g/mol. The van der Waals surface area contributed by atoms with E-state index >= 15 is 0 Å². The Kier molecular flexibility index (Phi) is 2.31. The first kappa shape index (κ1) is 11.6. The summed E-state index contributed by atoms with van der Waals surface area (Å²) in [5.41, 5.74) is -1.70. The van der Waals surface area contributed by atoms with E-state index in [0.717, 1.165) is 10.6 Å². The minimum Gasteiger partial charge on any atom is -0.448 e. The average molecular weight is 268 g/mol. The predicted molar refractivity (Wildman–Crippen MR) is 61.2 cm³/mol. The molecule has 3 rings (SSSR count). The highest BCUT2D eigenvalue weighted by molar-refractivity contribution is 5.81. The Bertz CT molecular complexity index is 782. The summed E-state index contributed by atoms with van der Waals surface area (Å²) in [4.78, 5) is 14.2. The van der Waals surface area contributed by atoms with E-state index in [1.807, 2.05) is 0 Å². The van der Waals surface area contributed by atoms with Gasteiger partial charge in [0.1, 0.15) is 0 Å². The monoisotopic (exact) mass is 268 g/mol. The zero-order valence-corrected chi connectivity index (χ0v) is 9.36. The number of para-hydroxylation sites is 1. The minimum atomic E-state index is -4.55. The van der Waals surface area contributed by atoms with Gasteiger partial charge in [0.05, 0.1) is 22.9 Å². The van der Waals surface area contributed by atoms with Crippen LogP contribution < -0.4 is 5.69 Å². The van der Waals surface area contributed by atoms with Crippen LogP contribution >= 0.6 is 0 Å². The lowest BCUT2D eigenvalue weighted by Gasteiger charge is -2.09. The summed E-state index contributed by atoms with van der Waals surface area (Å²) in [6.45, 7) is 0. The molecule has 0 radical (unpaired) electrons. The van der Waals surface area contributed by atoms with Crippen LogP contribution in [0.3, 0.4) is 0 Å². The summed E-state index contributed by atoms with van der Waals surface area (Å²) in [7, 11) is 0. The first-order valence-electron chi connectivity index (χ1n) is 5.33. The number of fused-ring (bicyclic) bond motifs is 1. The van der Waals surface area contributed by atoms with Crippen LogP contribution in [-0.2, 0) is 6.18 Å². The number of imidazole rings is 1. The van der Waals surface area contributed by atoms with Crippen molar-refractivity contribution >= 4 is 11.0 Å². The zero-order chi connectivity index (χ0) is 13.6. The van der Waals surface area contributed by atoms with Crippen LogP contribution in [-0.4, -0.2) is 9.55 Å². The second-order valence-electron chi connectivity index (χ2n) is 3.92. The molecule has 1 aromatic carbocycles. The van der Waals surface area contributed by atoms with Crippen molar-refractivity contribution in [3.8, 4) is 5.88 Å². The Morgan fingerprint density at radius 2 is 1.95 bits per heavy atom. The molecule has 0 aliphatic heterocycles. The van der Waals surface area contributed by atoms with Crippen molar-refractivity contribution in [2.75, 3.05) is 0 Å². The van der Waals surface area contributed by atoms with Crippen molar-refractivity contribution in [3.63, 3.8) is 0 Å². The van der Waals surface area contributed by atoms with Gasteiger partial charge in [-0.05, 0) is 18.2 Å². The third-order valence-corrected chi connectivity index (χ3v) is 2.74. The lowest BCUT2D eigenvalue weighted by Crippen LogP contribution is -2.16. The molecule has 3 aromatic rings. The van der Waals surface area contributed by atoms with E-state index in [9.17, 15) is 18.0 Å². The average Bonchev–Trinajstić information content (AvgIpc) is 2.92. The predicted octanol–water partition coefficient (Wildman–Crippen LogP) is 2.93. The number of H-pyrrole nitrogens is 1. The van der Waals surface area contributed by atoms with Crippen molar-refractivity contribution in [1.29, 1.82) is 0 Å². The van der Waals surface area contributed by atoms with Gasteiger partial charge in [-0.15, -0.1) is 0 Å². The Labute approximate surface area is 104 Å². The van der Waals surface area contributed by atoms with Crippen LogP contribution in [0, 0.1) is 0 Å². The Hall–Kier alpha value is -2.44. The van der Waals surface area contributed by atoms with E-state index in [1.54, 1.807) is 0 Å². The topological polar surface area (TPSA) is 50.9 Å². The SMILES string of the molecule is O=c1[nH]c2cccc(C(F)(F)F)c2n1-c1ccco1. The number of nitrogens with one attached hydrogen (secondary N) is 1. The lowest BCUT2D eigenvalue weighted by atomic mass is 10.2. The zero-order valence-electron chi connectivity index (χ0n) is 9.36. The number of alkyl halides is 3. The van der Waals surface area contributed by atoms with Gasteiger partial charge in [-0.1, -0.05) is 6.07 Å². The van der Waals surface area contributed by atoms with Crippen LogP contribution in [0.4, 0.5) is 13.2 Å². The second-order valence-corrected chi connectivity index (χ2v) is 3.92. The molecule has 19 heavy (non-hydrogen) atoms. The standard InChI is InChI=1S/C12H7F3N2O2/c13-12(14,15)7-3-1-4-8-10(7)17(11(18)16-8)9-5-2-6-19-9/h1-6H,(H,16,18). The first-order valence-corrected chi connectivity index (χ1v) is 5.33. The number of nitrogens with zero attached hydrogens (tertiary/aromatic N) is 1. The number of rotatable bonds is 1. The van der Waals surface area contributed by atoms with Gasteiger partial charge in [0.25, 0.3) is 0 Å². The van der Waals surface area contributed by atoms with Crippen LogP contribution in [0.5, 0.6) is 0 Å². The fraction of sp³-hybridized carbons (Fsp3) is 0.0833. The molecule has 0 amide bonds. The number of aromatic nitrogens is 2. The number of aromatic amines is 1. The molecular formula is C12H7F3N2O2. The Morgan fingerprint density at radius 3 is 2.58 bits per heavy atom. The summed E-state index contributed by atoms with van der Waals surface area (Å²) >= 11 is 0. The largest absolute Gasteiger partial charge is 0.448 e. The van der Waals surface area contributed by atoms with Gasteiger partial charge >= 0.3 is 11.9 Å². The molecule has 0 aliphatic carbocycles. The van der Waals surface area contributed by atoms with Gasteiger partial charge in [0, 0.05) is 6.07 Å². The molecule has 1 N–H and O–H groups in total. The normalized spacial score (nSPS) is 12.2. The second kappa shape index (κ2) is 3.78. The highest BCUT2D eigenvalue weighted by Gasteiger charge is 2.34. The minimum absolute atomic E-state index is 0.0351. The van der Waals surface area contributed by atoms with Crippen LogP contribution in [0.15, 0.2) is 45.8 Å². The summed E-state index contributed by atoms with van der Waals surface area (Å²) in [5, 5.41) is 0. The van der Waals surface area contributed by atoms with E-state index in [2.05, 4.69) is 4.98 Å². The van der Waals surface area contributed by atoms with E-state index < -0.39 is 17.4 Å². The van der Waals surface area contributed by atoms with Gasteiger partial charge < -0.3 is 9.40 Å². The molecule has 98 valence electrons. The number of furan rings is 1. The van der Waals surface area contributed by atoms with Gasteiger partial charge in [0.2, 0.25) is 5.88 Å². The van der Waals surface area contributed by atoms with E-state index in [1.165, 1.54) is 30.5 Å². The third-order valence-electron chi connectivity index (χ3n) is 2.74. The molecule has 0 aliphatic rings. The molecule has 2 aromatic heterocycles. The van der Waals surface area contributed by atoms with E-state index in [4.69, 9.17) is 4.42 Å². The van der Waals surface area contributed by atoms with E-state index in [-0.39, 0.29) is 16.9 Å². The molecule has 0 spiro atoms. The van der Waals surface area contributed by atoms with Gasteiger partial charge in [-0.3, -0.25) is 0 Å². The molecule has 2 heterocycles. The van der Waals surface area contributed by atoms with Crippen LogP contribution in [0.1, 0.15) is 5.56 Å². The molecule has 7 heteroatoms. The lowest BCUT2D eigenvalue weighted by molar-refractivity contribution is -0.136. The summed E-state index contributed by atoms with van der Waals surface area (Å²) in [6, 6.07) is 6.49. The molecule has 0 fully saturated rings. The Morgan fingerprint density at radius 1 is 1.16 bits per heavy atom. The molecule has 0 unspecified atom stereocenters. The van der Waals surface area contributed by atoms with E-state index in [0.29, 0.717) is 0 Å². The highest BCUT2D eigenvalue weighted by Crippen LogP contribution is 2.34. The molecule has 4 nitrogen and oxygen atoms in total. The smallest absolute Gasteiger partial charge is 0.418 e. The number of halogens is 3. The fourth-order valence-corrected chi connectivity index (χ4v) is 1.99. The summed E-state index contributed by atoms with van der Waals surface area (Å²) in [5.74, 6) is 0.0351. The maximum absolute atomic E-state index is 13.0. The highest BCUT2D eigenvalue weighted by atomic mass is 19.4. The molecule has 0 saturated heterocycles. The number of hydrogen-bond acceptors (Lipinski definition) is 2. The van der Waals surface area contributed by atoms with Crippen LogP contribution in [0.2, 0.25) is 0 Å². The molecule has 0 bridgehead atoms. The maximum Gasteiger partial charge on any atom is 0.418 e. The van der Waals surface area contributed by atoms with Crippen molar-refractivity contribution in [3.05, 3.63) is 52.6 Å². The van der Waals surface area contributed by atoms with Crippen molar-refractivity contribution in [1.82, 2.24) is 9.55 Å². The quantitative estimate of drug-likeness (QED) is 0.737. The van der Waals surface area contributed by atoms with Gasteiger partial charge in [-0.25, -0.2) is 9.36 Å². The van der Waals surface area contributed by atoms with Crippen LogP contribution in [0.25, 0.3) is 16.9 Å². The van der Waals surface area contributed by atoms with Gasteiger partial charge in [0.15, 0.2) is 0 Å². The molecule has 0 saturated carbocycles. The summed E-state index contributed by atoms with van der Waals surface area (Å²) in [6.07, 6.45) is -3.26. The molecule has 0 atom stereocenters. The summed E-state index contributed by atoms with van der Waals surface area (Å²) < 4.78 is 44.8. The first-order chi connectivity index (χ1) is 8.98.